The van der Waals surface area contributed by atoms with Crippen LogP contribution in [0.15, 0.2) is 30.6 Å². The standard InChI is InChI=1S/C26H29F3N4O4S/c1-14-8-16(18-13-30-19(38-18)11-25(6,7)21(34)35)10-17(9-14)33(23(36)37-24(3,4)5)22-31-12-15(2)20(32-22)26(27,28)29/h8-10,12-13H,11H2,1-7H3,(H,34,35). The van der Waals surface area contributed by atoms with Gasteiger partial charge < -0.3 is 9.84 Å². The van der Waals surface area contributed by atoms with Crippen molar-refractivity contribution in [2.24, 2.45) is 5.41 Å². The van der Waals surface area contributed by atoms with E-state index in [4.69, 9.17) is 4.74 Å². The summed E-state index contributed by atoms with van der Waals surface area (Å²) in [5.74, 6) is -1.43. The van der Waals surface area contributed by atoms with Crippen LogP contribution >= 0.6 is 11.3 Å². The van der Waals surface area contributed by atoms with E-state index < -0.39 is 40.9 Å². The molecule has 0 saturated heterocycles. The Balaban J connectivity index is 2.12. The molecule has 12 heteroatoms. The van der Waals surface area contributed by atoms with Gasteiger partial charge in [0.25, 0.3) is 0 Å². The van der Waals surface area contributed by atoms with E-state index in [1.54, 1.807) is 59.9 Å². The number of anilines is 2. The molecule has 0 spiro atoms. The highest BCUT2D eigenvalue weighted by Crippen LogP contribution is 2.36. The van der Waals surface area contributed by atoms with E-state index in [0.717, 1.165) is 11.1 Å². The molecule has 0 atom stereocenters. The van der Waals surface area contributed by atoms with Crippen LogP contribution in [0, 0.1) is 19.3 Å². The lowest BCUT2D eigenvalue weighted by Crippen LogP contribution is -2.35. The fraction of sp³-hybridized carbons (Fsp3) is 0.423. The number of hydrogen-bond acceptors (Lipinski definition) is 7. The minimum Gasteiger partial charge on any atom is -0.481 e. The predicted octanol–water partition coefficient (Wildman–Crippen LogP) is 6.96. The molecule has 0 bridgehead atoms. The minimum atomic E-state index is -4.75. The monoisotopic (exact) mass is 550 g/mol. The van der Waals surface area contributed by atoms with Gasteiger partial charge in [0.1, 0.15) is 5.60 Å². The molecule has 0 saturated carbocycles. The summed E-state index contributed by atoms with van der Waals surface area (Å²) in [6.07, 6.45) is -2.87. The first-order valence-corrected chi connectivity index (χ1v) is 12.4. The molecule has 2 aromatic heterocycles. The number of nitrogens with zero attached hydrogens (tertiary/aromatic N) is 4. The van der Waals surface area contributed by atoms with E-state index in [2.05, 4.69) is 15.0 Å². The molecule has 0 radical (unpaired) electrons. The normalized spacial score (nSPS) is 12.4. The van der Waals surface area contributed by atoms with Crippen LogP contribution in [0.25, 0.3) is 10.4 Å². The van der Waals surface area contributed by atoms with Crippen LogP contribution in [0.3, 0.4) is 0 Å². The highest BCUT2D eigenvalue weighted by atomic mass is 32.1. The van der Waals surface area contributed by atoms with Gasteiger partial charge in [0.15, 0.2) is 5.69 Å². The van der Waals surface area contributed by atoms with Gasteiger partial charge in [-0.05, 0) is 77.3 Å². The molecule has 3 aromatic rings. The quantitative estimate of drug-likeness (QED) is 0.354. The maximum absolute atomic E-state index is 13.6. The number of thiazole rings is 1. The number of halogens is 3. The molecule has 2 heterocycles. The van der Waals surface area contributed by atoms with Gasteiger partial charge in [-0.3, -0.25) is 4.79 Å². The fourth-order valence-electron chi connectivity index (χ4n) is 3.45. The fourth-order valence-corrected chi connectivity index (χ4v) is 4.58. The largest absolute Gasteiger partial charge is 0.481 e. The van der Waals surface area contributed by atoms with Gasteiger partial charge >= 0.3 is 18.2 Å². The highest BCUT2D eigenvalue weighted by Gasteiger charge is 2.37. The number of carbonyl (C=O) groups is 2. The second-order valence-corrected chi connectivity index (χ2v) is 11.7. The molecule has 1 amide bonds. The van der Waals surface area contributed by atoms with Crippen LogP contribution < -0.4 is 4.90 Å². The summed E-state index contributed by atoms with van der Waals surface area (Å²) in [6.45, 7) is 11.1. The number of aryl methyl sites for hydroxylation is 2. The van der Waals surface area contributed by atoms with Crippen molar-refractivity contribution in [3.63, 3.8) is 0 Å². The average molecular weight is 551 g/mol. The van der Waals surface area contributed by atoms with Crippen molar-refractivity contribution in [3.8, 4) is 10.4 Å². The highest BCUT2D eigenvalue weighted by molar-refractivity contribution is 7.15. The second-order valence-electron chi connectivity index (χ2n) is 10.6. The van der Waals surface area contributed by atoms with Gasteiger partial charge in [-0.2, -0.15) is 13.2 Å². The third-order valence-corrected chi connectivity index (χ3v) is 6.38. The Morgan fingerprint density at radius 1 is 1.03 bits per heavy atom. The van der Waals surface area contributed by atoms with Crippen molar-refractivity contribution in [2.45, 2.75) is 66.7 Å². The summed E-state index contributed by atoms with van der Waals surface area (Å²) in [5.41, 5.74) is -1.76. The number of alkyl halides is 3. The van der Waals surface area contributed by atoms with Crippen molar-refractivity contribution >= 4 is 35.0 Å². The Hall–Kier alpha value is -3.54. The predicted molar refractivity (Wildman–Crippen MR) is 138 cm³/mol. The third kappa shape index (κ3) is 6.85. The molecule has 0 aliphatic rings. The van der Waals surface area contributed by atoms with E-state index in [0.29, 0.717) is 21.0 Å². The summed E-state index contributed by atoms with van der Waals surface area (Å²) in [5, 5.41) is 10.0. The number of aromatic nitrogens is 3. The number of carboxylic acid groups (broad SMARTS) is 1. The maximum Gasteiger partial charge on any atom is 0.433 e. The Kier molecular flexibility index (Phi) is 7.88. The zero-order chi connectivity index (χ0) is 28.6. The number of ether oxygens (including phenoxy) is 1. The van der Waals surface area contributed by atoms with Crippen LogP contribution in [0.1, 0.15) is 56.4 Å². The molecular formula is C26H29F3N4O4S. The lowest BCUT2D eigenvalue weighted by atomic mass is 9.90. The third-order valence-electron chi connectivity index (χ3n) is 5.33. The number of aliphatic carboxylic acids is 1. The van der Waals surface area contributed by atoms with Crippen molar-refractivity contribution in [1.82, 2.24) is 15.0 Å². The van der Waals surface area contributed by atoms with Crippen molar-refractivity contribution in [3.05, 3.63) is 52.4 Å². The lowest BCUT2D eigenvalue weighted by molar-refractivity contribution is -0.146. The Morgan fingerprint density at radius 2 is 1.68 bits per heavy atom. The maximum atomic E-state index is 13.6. The first-order valence-electron chi connectivity index (χ1n) is 11.6. The molecule has 1 aromatic carbocycles. The smallest absolute Gasteiger partial charge is 0.433 e. The summed E-state index contributed by atoms with van der Waals surface area (Å²) in [4.78, 5) is 38.4. The summed E-state index contributed by atoms with van der Waals surface area (Å²) in [6, 6.07) is 5.04. The van der Waals surface area contributed by atoms with Crippen LogP contribution in [0.5, 0.6) is 0 Å². The van der Waals surface area contributed by atoms with Gasteiger partial charge in [-0.1, -0.05) is 6.07 Å². The van der Waals surface area contributed by atoms with E-state index in [1.807, 2.05) is 6.07 Å². The van der Waals surface area contributed by atoms with Crippen LogP contribution in [-0.4, -0.2) is 37.7 Å². The molecule has 0 fully saturated rings. The Morgan fingerprint density at radius 3 is 2.26 bits per heavy atom. The second kappa shape index (κ2) is 10.3. The van der Waals surface area contributed by atoms with Gasteiger partial charge in [0.05, 0.1) is 21.0 Å². The van der Waals surface area contributed by atoms with Gasteiger partial charge in [-0.25, -0.2) is 24.6 Å². The van der Waals surface area contributed by atoms with Crippen LogP contribution in [0.4, 0.5) is 29.6 Å². The lowest BCUT2D eigenvalue weighted by Gasteiger charge is -2.27. The SMILES string of the molecule is Cc1cc(-c2cnc(CC(C)(C)C(=O)O)s2)cc(N(C(=O)OC(C)(C)C)c2ncc(C)c(C(F)(F)F)n2)c1. The van der Waals surface area contributed by atoms with Gasteiger partial charge in [0.2, 0.25) is 5.95 Å². The zero-order valence-corrected chi connectivity index (χ0v) is 22.9. The molecule has 1 N–H and O–H groups in total. The molecule has 204 valence electrons. The number of benzene rings is 1. The molecular weight excluding hydrogens is 521 g/mol. The molecule has 0 unspecified atom stereocenters. The van der Waals surface area contributed by atoms with Gasteiger partial charge in [-0.15, -0.1) is 11.3 Å². The summed E-state index contributed by atoms with van der Waals surface area (Å²) in [7, 11) is 0. The van der Waals surface area contributed by atoms with E-state index in [9.17, 15) is 27.9 Å². The molecule has 3 rings (SSSR count). The first-order chi connectivity index (χ1) is 17.4. The number of carboxylic acids is 1. The molecule has 8 nitrogen and oxygen atoms in total. The number of amides is 1. The average Bonchev–Trinajstić information content (AvgIpc) is 3.20. The molecule has 0 aliphatic heterocycles. The van der Waals surface area contributed by atoms with Crippen LogP contribution in [0.2, 0.25) is 0 Å². The van der Waals surface area contributed by atoms with Crippen molar-refractivity contribution < 1.29 is 32.6 Å². The van der Waals surface area contributed by atoms with Crippen molar-refractivity contribution in [2.75, 3.05) is 4.90 Å². The van der Waals surface area contributed by atoms with E-state index in [-0.39, 0.29) is 17.7 Å². The topological polar surface area (TPSA) is 106 Å². The number of rotatable bonds is 6. The molecule has 38 heavy (non-hydrogen) atoms. The van der Waals surface area contributed by atoms with Gasteiger partial charge in [0, 0.05) is 18.8 Å². The summed E-state index contributed by atoms with van der Waals surface area (Å²) >= 11 is 1.29. The Labute approximate surface area is 222 Å². The van der Waals surface area contributed by atoms with E-state index in [1.165, 1.54) is 18.3 Å². The van der Waals surface area contributed by atoms with Crippen molar-refractivity contribution in [1.29, 1.82) is 0 Å². The van der Waals surface area contributed by atoms with E-state index >= 15 is 0 Å². The minimum absolute atomic E-state index is 0.184. The van der Waals surface area contributed by atoms with Crippen LogP contribution in [-0.2, 0) is 22.1 Å². The first kappa shape index (κ1) is 29.0. The number of carbonyl (C=O) groups excluding carboxylic acids is 1. The summed E-state index contributed by atoms with van der Waals surface area (Å²) < 4.78 is 46.3. The molecule has 0 aliphatic carbocycles. The zero-order valence-electron chi connectivity index (χ0n) is 22.1. The number of hydrogen-bond donors (Lipinski definition) is 1. The Bertz CT molecular complexity index is 1360.